The van der Waals surface area contributed by atoms with Gasteiger partial charge in [-0.1, -0.05) is 65.2 Å². The van der Waals surface area contributed by atoms with Crippen molar-refractivity contribution in [1.29, 1.82) is 0 Å². The average Bonchev–Trinajstić information content (AvgIpc) is 2.64. The van der Waals surface area contributed by atoms with Crippen LogP contribution in [-0.2, 0) is 0 Å². The van der Waals surface area contributed by atoms with Gasteiger partial charge >= 0.3 is 18.9 Å². The second-order valence-corrected chi connectivity index (χ2v) is 4.87. The Morgan fingerprint density at radius 1 is 1.00 bits per heavy atom. The van der Waals surface area contributed by atoms with Crippen molar-refractivity contribution >= 4 is 0 Å². The first kappa shape index (κ1) is 14.6. The van der Waals surface area contributed by atoms with Crippen LogP contribution in [0.2, 0.25) is 0 Å². The van der Waals surface area contributed by atoms with Crippen LogP contribution in [0.25, 0.3) is 0 Å². The van der Waals surface area contributed by atoms with Crippen LogP contribution in [0.4, 0.5) is 0 Å². The van der Waals surface area contributed by atoms with Gasteiger partial charge in [-0.25, -0.2) is 0 Å². The van der Waals surface area contributed by atoms with Crippen molar-refractivity contribution in [3.63, 3.8) is 0 Å². The summed E-state index contributed by atoms with van der Waals surface area (Å²) in [5, 5.41) is 0. The first-order valence-corrected chi connectivity index (χ1v) is 6.04. The number of hydrogen-bond donors (Lipinski definition) is 0. The van der Waals surface area contributed by atoms with Crippen molar-refractivity contribution in [2.75, 3.05) is 0 Å². The molecular weight excluding hydrogens is 163 g/mol. The molecule has 0 nitrogen and oxygen atoms in total. The van der Waals surface area contributed by atoms with E-state index in [0.717, 1.165) is 23.7 Å². The summed E-state index contributed by atoms with van der Waals surface area (Å²) in [7, 11) is 0. The SMILES string of the molecule is CCC(C)C1[CH-]C(C(C)CC)CC1.[Li+]. The number of hydrogen-bond acceptors (Lipinski definition) is 0. The second kappa shape index (κ2) is 6.97. The minimum Gasteiger partial charge on any atom is -0.322 e. The van der Waals surface area contributed by atoms with Crippen LogP contribution < -0.4 is 18.9 Å². The molecule has 0 heterocycles. The topological polar surface area (TPSA) is 0 Å². The Kier molecular flexibility index (Phi) is 7.27. The fraction of sp³-hybridized carbons (Fsp3) is 0.923. The molecule has 0 amide bonds. The Morgan fingerprint density at radius 3 is 1.64 bits per heavy atom. The Balaban J connectivity index is 0.00000169. The van der Waals surface area contributed by atoms with Gasteiger partial charge in [0.2, 0.25) is 0 Å². The normalized spacial score (nSPS) is 30.9. The Labute approximate surface area is 102 Å². The third-order valence-corrected chi connectivity index (χ3v) is 4.08. The molecule has 14 heavy (non-hydrogen) atoms. The summed E-state index contributed by atoms with van der Waals surface area (Å²) in [5.74, 6) is 3.66. The smallest absolute Gasteiger partial charge is 0.322 e. The summed E-state index contributed by atoms with van der Waals surface area (Å²) < 4.78 is 0. The van der Waals surface area contributed by atoms with Crippen LogP contribution in [-0.4, -0.2) is 0 Å². The van der Waals surface area contributed by atoms with Crippen LogP contribution >= 0.6 is 0 Å². The van der Waals surface area contributed by atoms with E-state index in [1.54, 1.807) is 0 Å². The van der Waals surface area contributed by atoms with E-state index in [1.807, 2.05) is 0 Å². The molecule has 4 atom stereocenters. The van der Waals surface area contributed by atoms with Crippen LogP contribution in [0.3, 0.4) is 0 Å². The van der Waals surface area contributed by atoms with Gasteiger partial charge in [0.25, 0.3) is 0 Å². The molecule has 1 aliphatic carbocycles. The molecular formula is C13H25Li. The molecule has 0 N–H and O–H groups in total. The minimum absolute atomic E-state index is 0. The van der Waals surface area contributed by atoms with Gasteiger partial charge in [0.15, 0.2) is 0 Å². The quantitative estimate of drug-likeness (QED) is 0.461. The van der Waals surface area contributed by atoms with Crippen LogP contribution in [0.1, 0.15) is 53.4 Å². The molecule has 78 valence electrons. The summed E-state index contributed by atoms with van der Waals surface area (Å²) in [6, 6.07) is 0. The molecule has 0 spiro atoms. The van der Waals surface area contributed by atoms with E-state index in [4.69, 9.17) is 0 Å². The summed E-state index contributed by atoms with van der Waals surface area (Å²) in [4.78, 5) is 0. The van der Waals surface area contributed by atoms with Crippen LogP contribution in [0, 0.1) is 30.1 Å². The van der Waals surface area contributed by atoms with Gasteiger partial charge in [0.1, 0.15) is 0 Å². The Bertz CT molecular complexity index is 128. The Hall–Kier alpha value is 0.597. The molecule has 0 aromatic rings. The van der Waals surface area contributed by atoms with E-state index in [-0.39, 0.29) is 18.9 Å². The van der Waals surface area contributed by atoms with Gasteiger partial charge in [-0.2, -0.15) is 11.8 Å². The summed E-state index contributed by atoms with van der Waals surface area (Å²) in [5.41, 5.74) is 0. The maximum atomic E-state index is 2.66. The van der Waals surface area contributed by atoms with Crippen molar-refractivity contribution in [3.8, 4) is 0 Å². The summed E-state index contributed by atoms with van der Waals surface area (Å²) >= 11 is 0. The van der Waals surface area contributed by atoms with Crippen LogP contribution in [0.5, 0.6) is 0 Å². The number of rotatable bonds is 4. The standard InChI is InChI=1S/C13H25.Li/c1-5-10(3)12-7-8-13(9-12)11(4)6-2;/h9-13H,5-8H2,1-4H3;/q-1;+1. The molecule has 0 aromatic heterocycles. The van der Waals surface area contributed by atoms with E-state index in [2.05, 4.69) is 34.1 Å². The van der Waals surface area contributed by atoms with E-state index in [0.29, 0.717) is 0 Å². The first-order valence-electron chi connectivity index (χ1n) is 6.04. The van der Waals surface area contributed by atoms with Gasteiger partial charge in [-0.3, -0.25) is 0 Å². The van der Waals surface area contributed by atoms with Gasteiger partial charge in [-0.15, -0.1) is 0 Å². The predicted molar refractivity (Wildman–Crippen MR) is 59.4 cm³/mol. The monoisotopic (exact) mass is 188 g/mol. The predicted octanol–water partition coefficient (Wildman–Crippen LogP) is 1.31. The van der Waals surface area contributed by atoms with E-state index in [1.165, 1.54) is 25.7 Å². The van der Waals surface area contributed by atoms with Gasteiger partial charge in [-0.05, 0) is 0 Å². The van der Waals surface area contributed by atoms with Crippen molar-refractivity contribution in [2.24, 2.45) is 23.7 Å². The van der Waals surface area contributed by atoms with Gasteiger partial charge in [0.05, 0.1) is 0 Å². The average molecular weight is 188 g/mol. The molecule has 0 bridgehead atoms. The van der Waals surface area contributed by atoms with Crippen LogP contribution in [0.15, 0.2) is 0 Å². The second-order valence-electron chi connectivity index (χ2n) is 4.87. The minimum atomic E-state index is 0. The summed E-state index contributed by atoms with van der Waals surface area (Å²) in [6.07, 6.45) is 8.24. The molecule has 0 aliphatic heterocycles. The first-order chi connectivity index (χ1) is 6.19. The zero-order valence-corrected chi connectivity index (χ0v) is 10.7. The van der Waals surface area contributed by atoms with Crippen molar-refractivity contribution in [3.05, 3.63) is 6.42 Å². The van der Waals surface area contributed by atoms with Crippen molar-refractivity contribution < 1.29 is 18.9 Å². The third-order valence-electron chi connectivity index (χ3n) is 4.08. The van der Waals surface area contributed by atoms with E-state index >= 15 is 0 Å². The molecule has 1 fully saturated rings. The summed E-state index contributed by atoms with van der Waals surface area (Å²) in [6.45, 7) is 9.44. The molecule has 0 radical (unpaired) electrons. The molecule has 0 saturated heterocycles. The largest absolute Gasteiger partial charge is 1.00 e. The van der Waals surface area contributed by atoms with Crippen molar-refractivity contribution in [2.45, 2.75) is 53.4 Å². The molecule has 1 heteroatoms. The van der Waals surface area contributed by atoms with E-state index < -0.39 is 0 Å². The zero-order chi connectivity index (χ0) is 9.84. The van der Waals surface area contributed by atoms with E-state index in [9.17, 15) is 0 Å². The maximum absolute atomic E-state index is 2.66. The zero-order valence-electron chi connectivity index (χ0n) is 10.7. The van der Waals surface area contributed by atoms with Gasteiger partial charge < -0.3 is 6.42 Å². The fourth-order valence-corrected chi connectivity index (χ4v) is 2.45. The third kappa shape index (κ3) is 3.63. The maximum Gasteiger partial charge on any atom is 1.00 e. The Morgan fingerprint density at radius 2 is 1.36 bits per heavy atom. The molecule has 0 aromatic carbocycles. The molecule has 4 unspecified atom stereocenters. The molecule has 1 rings (SSSR count). The van der Waals surface area contributed by atoms with Gasteiger partial charge in [0, 0.05) is 0 Å². The fourth-order valence-electron chi connectivity index (χ4n) is 2.45. The molecule has 1 aliphatic rings. The van der Waals surface area contributed by atoms with Crippen molar-refractivity contribution in [1.82, 2.24) is 0 Å². The molecule has 1 saturated carbocycles.